The summed E-state index contributed by atoms with van der Waals surface area (Å²) in [5, 5.41) is 2.20. The Morgan fingerprint density at radius 3 is 2.46 bits per heavy atom. The fourth-order valence-electron chi connectivity index (χ4n) is 1.29. The first-order chi connectivity index (χ1) is 6.24. The van der Waals surface area contributed by atoms with Gasteiger partial charge in [-0.2, -0.15) is 0 Å². The van der Waals surface area contributed by atoms with E-state index in [0.29, 0.717) is 6.04 Å². The van der Waals surface area contributed by atoms with Gasteiger partial charge in [0.05, 0.1) is 19.3 Å². The van der Waals surface area contributed by atoms with Gasteiger partial charge in [-0.3, -0.25) is 0 Å². The second kappa shape index (κ2) is 5.54. The van der Waals surface area contributed by atoms with Crippen molar-refractivity contribution in [3.8, 4) is 0 Å². The van der Waals surface area contributed by atoms with E-state index in [9.17, 15) is 0 Å². The van der Waals surface area contributed by atoms with E-state index in [2.05, 4.69) is 24.3 Å². The first kappa shape index (κ1) is 10.9. The molecule has 0 spiro atoms. The molecule has 13 heavy (non-hydrogen) atoms. The van der Waals surface area contributed by atoms with Crippen LogP contribution in [0.4, 0.5) is 0 Å². The molecule has 4 nitrogen and oxygen atoms in total. The molecule has 0 aliphatic carbocycles. The van der Waals surface area contributed by atoms with Crippen LogP contribution in [-0.4, -0.2) is 50.6 Å². The third-order valence-corrected chi connectivity index (χ3v) is 2.47. The molecule has 1 saturated heterocycles. The van der Waals surface area contributed by atoms with Crippen molar-refractivity contribution in [2.75, 3.05) is 33.4 Å². The number of hydrazine groups is 1. The number of methoxy groups -OCH3 is 1. The predicted octanol–water partition coefficient (Wildman–Crippen LogP) is 0.247. The number of rotatable bonds is 4. The number of nitrogens with zero attached hydrogens (tertiary/aromatic N) is 1. The van der Waals surface area contributed by atoms with Gasteiger partial charge in [-0.1, -0.05) is 0 Å². The summed E-state index contributed by atoms with van der Waals surface area (Å²) in [6.45, 7) is 7.76. The van der Waals surface area contributed by atoms with Crippen molar-refractivity contribution in [1.82, 2.24) is 10.4 Å². The Balaban J connectivity index is 2.21. The van der Waals surface area contributed by atoms with Crippen molar-refractivity contribution >= 4 is 0 Å². The van der Waals surface area contributed by atoms with Crippen molar-refractivity contribution in [3.05, 3.63) is 0 Å². The molecule has 0 aromatic heterocycles. The van der Waals surface area contributed by atoms with Crippen LogP contribution in [0.3, 0.4) is 0 Å². The van der Waals surface area contributed by atoms with Gasteiger partial charge in [-0.05, 0) is 13.8 Å². The molecule has 0 amide bonds. The highest BCUT2D eigenvalue weighted by Crippen LogP contribution is 1.99. The standard InChI is InChI=1S/C9H20N2O2/c1-8(9(2)12-3)10-11-4-6-13-7-5-11/h8-10H,4-7H2,1-3H3. The molecule has 1 aliphatic rings. The smallest absolute Gasteiger partial charge is 0.0707 e. The maximum absolute atomic E-state index is 5.26. The van der Waals surface area contributed by atoms with E-state index in [1.165, 1.54) is 0 Å². The molecule has 0 bridgehead atoms. The SMILES string of the molecule is COC(C)C(C)NN1CCOCC1. The van der Waals surface area contributed by atoms with E-state index in [0.717, 1.165) is 26.3 Å². The predicted molar refractivity (Wildman–Crippen MR) is 51.5 cm³/mol. The summed E-state index contributed by atoms with van der Waals surface area (Å²) in [6.07, 6.45) is 0.239. The van der Waals surface area contributed by atoms with Crippen molar-refractivity contribution in [2.24, 2.45) is 0 Å². The van der Waals surface area contributed by atoms with Crippen LogP contribution in [0, 0.1) is 0 Å². The molecule has 1 aliphatic heterocycles. The van der Waals surface area contributed by atoms with Gasteiger partial charge < -0.3 is 9.47 Å². The van der Waals surface area contributed by atoms with Crippen LogP contribution in [0.1, 0.15) is 13.8 Å². The summed E-state index contributed by atoms with van der Waals surface area (Å²) in [5.41, 5.74) is 3.40. The number of morpholine rings is 1. The molecule has 0 radical (unpaired) electrons. The quantitative estimate of drug-likeness (QED) is 0.685. The maximum atomic E-state index is 5.26. The molecule has 2 atom stereocenters. The summed E-state index contributed by atoms with van der Waals surface area (Å²) in [5.74, 6) is 0. The lowest BCUT2D eigenvalue weighted by Crippen LogP contribution is -2.52. The van der Waals surface area contributed by atoms with Crippen molar-refractivity contribution in [1.29, 1.82) is 0 Å². The van der Waals surface area contributed by atoms with Gasteiger partial charge in [0.25, 0.3) is 0 Å². The summed E-state index contributed by atoms with van der Waals surface area (Å²) >= 11 is 0. The van der Waals surface area contributed by atoms with Crippen molar-refractivity contribution in [2.45, 2.75) is 26.0 Å². The second-order valence-corrected chi connectivity index (χ2v) is 3.46. The molecule has 78 valence electrons. The summed E-state index contributed by atoms with van der Waals surface area (Å²) in [7, 11) is 1.74. The van der Waals surface area contributed by atoms with Gasteiger partial charge in [0, 0.05) is 26.2 Å². The third kappa shape index (κ3) is 3.60. The second-order valence-electron chi connectivity index (χ2n) is 3.46. The highest BCUT2D eigenvalue weighted by atomic mass is 16.5. The van der Waals surface area contributed by atoms with E-state index in [1.807, 2.05) is 0 Å². The minimum absolute atomic E-state index is 0.239. The minimum Gasteiger partial charge on any atom is -0.380 e. The zero-order chi connectivity index (χ0) is 9.68. The lowest BCUT2D eigenvalue weighted by atomic mass is 10.2. The molecule has 0 aromatic rings. The Morgan fingerprint density at radius 2 is 1.92 bits per heavy atom. The van der Waals surface area contributed by atoms with Gasteiger partial charge in [0.2, 0.25) is 0 Å². The number of ether oxygens (including phenoxy) is 2. The highest BCUT2D eigenvalue weighted by molar-refractivity contribution is 4.68. The van der Waals surface area contributed by atoms with E-state index >= 15 is 0 Å². The molecule has 0 aromatic carbocycles. The Bertz CT molecular complexity index is 138. The highest BCUT2D eigenvalue weighted by Gasteiger charge is 2.16. The van der Waals surface area contributed by atoms with Crippen LogP contribution in [-0.2, 0) is 9.47 Å². The topological polar surface area (TPSA) is 33.7 Å². The van der Waals surface area contributed by atoms with E-state index < -0.39 is 0 Å². The van der Waals surface area contributed by atoms with Crippen LogP contribution >= 0.6 is 0 Å². The van der Waals surface area contributed by atoms with Crippen LogP contribution in [0.2, 0.25) is 0 Å². The Morgan fingerprint density at radius 1 is 1.31 bits per heavy atom. The van der Waals surface area contributed by atoms with E-state index in [4.69, 9.17) is 9.47 Å². The van der Waals surface area contributed by atoms with Crippen LogP contribution in [0.15, 0.2) is 0 Å². The Labute approximate surface area is 80.2 Å². The zero-order valence-corrected chi connectivity index (χ0v) is 8.75. The molecule has 1 rings (SSSR count). The van der Waals surface area contributed by atoms with Crippen molar-refractivity contribution < 1.29 is 9.47 Å². The van der Waals surface area contributed by atoms with E-state index in [-0.39, 0.29) is 6.10 Å². The number of hydrogen-bond acceptors (Lipinski definition) is 4. The molecule has 4 heteroatoms. The van der Waals surface area contributed by atoms with Gasteiger partial charge in [0.1, 0.15) is 0 Å². The average molecular weight is 188 g/mol. The van der Waals surface area contributed by atoms with E-state index in [1.54, 1.807) is 7.11 Å². The summed E-state index contributed by atoms with van der Waals surface area (Å²) < 4.78 is 10.5. The Hall–Kier alpha value is -0.160. The molecule has 1 heterocycles. The largest absolute Gasteiger partial charge is 0.380 e. The Kier molecular flexibility index (Phi) is 4.66. The van der Waals surface area contributed by atoms with Crippen molar-refractivity contribution in [3.63, 3.8) is 0 Å². The maximum Gasteiger partial charge on any atom is 0.0707 e. The monoisotopic (exact) mass is 188 g/mol. The zero-order valence-electron chi connectivity index (χ0n) is 8.75. The molecule has 1 N–H and O–H groups in total. The lowest BCUT2D eigenvalue weighted by molar-refractivity contribution is -0.0149. The molecular formula is C9H20N2O2. The summed E-state index contributed by atoms with van der Waals surface area (Å²) in [4.78, 5) is 0. The number of nitrogens with one attached hydrogen (secondary N) is 1. The first-order valence-electron chi connectivity index (χ1n) is 4.85. The molecule has 0 saturated carbocycles. The minimum atomic E-state index is 0.239. The van der Waals surface area contributed by atoms with Gasteiger partial charge in [-0.15, -0.1) is 0 Å². The summed E-state index contributed by atoms with van der Waals surface area (Å²) in [6, 6.07) is 0.350. The van der Waals surface area contributed by atoms with Crippen LogP contribution in [0.5, 0.6) is 0 Å². The molecule has 1 fully saturated rings. The fraction of sp³-hybridized carbons (Fsp3) is 1.00. The van der Waals surface area contributed by atoms with Gasteiger partial charge in [0.15, 0.2) is 0 Å². The average Bonchev–Trinajstić information content (AvgIpc) is 2.18. The first-order valence-corrected chi connectivity index (χ1v) is 4.85. The normalized spacial score (nSPS) is 24.2. The van der Waals surface area contributed by atoms with Crippen LogP contribution in [0.25, 0.3) is 0 Å². The van der Waals surface area contributed by atoms with Crippen LogP contribution < -0.4 is 5.43 Å². The molecular weight excluding hydrogens is 168 g/mol. The lowest BCUT2D eigenvalue weighted by Gasteiger charge is -2.32. The van der Waals surface area contributed by atoms with Gasteiger partial charge in [-0.25, -0.2) is 10.4 Å². The third-order valence-electron chi connectivity index (χ3n) is 2.47. The van der Waals surface area contributed by atoms with Gasteiger partial charge >= 0.3 is 0 Å². The fourth-order valence-corrected chi connectivity index (χ4v) is 1.29. The number of hydrogen-bond donors (Lipinski definition) is 1. The molecule has 2 unspecified atom stereocenters.